The Morgan fingerprint density at radius 2 is 1.83 bits per heavy atom. The molecule has 0 aliphatic rings. The summed E-state index contributed by atoms with van der Waals surface area (Å²) >= 11 is 0. The zero-order valence-electron chi connectivity index (χ0n) is 3.01. The van der Waals surface area contributed by atoms with Gasteiger partial charge in [0.2, 0.25) is 0 Å². The van der Waals surface area contributed by atoms with Crippen LogP contribution in [0, 0.1) is 0 Å². The van der Waals surface area contributed by atoms with E-state index in [9.17, 15) is 8.42 Å². The highest BCUT2D eigenvalue weighted by Crippen LogP contribution is 2.10. The molecule has 0 amide bonds. The van der Waals surface area contributed by atoms with Crippen molar-refractivity contribution in [1.29, 1.82) is 0 Å². The summed E-state index contributed by atoms with van der Waals surface area (Å²) in [5.74, 6) is 0. The molecule has 0 atom stereocenters. The first-order valence-electron chi connectivity index (χ1n) is 1.06. The van der Waals surface area contributed by atoms with Crippen LogP contribution in [-0.4, -0.2) is 14.7 Å². The molecule has 0 saturated heterocycles. The van der Waals surface area contributed by atoms with Crippen LogP contribution in [-0.2, 0) is 8.08 Å². The van der Waals surface area contributed by atoms with Gasteiger partial charge in [0.15, 0.2) is 0 Å². The summed E-state index contributed by atoms with van der Waals surface area (Å²) in [4.78, 5) is 0. The van der Waals surface area contributed by atoms with E-state index in [0.717, 1.165) is 0 Å². The van der Waals surface area contributed by atoms with Crippen LogP contribution in [0.3, 0.4) is 0 Å². The fourth-order valence-corrected chi connectivity index (χ4v) is 0. The van der Waals surface area contributed by atoms with Crippen molar-refractivity contribution in [1.82, 2.24) is 0 Å². The van der Waals surface area contributed by atoms with Gasteiger partial charge in [-0.05, 0) is 17.0 Å². The van der Waals surface area contributed by atoms with E-state index >= 15 is 0 Å². The van der Waals surface area contributed by atoms with Crippen LogP contribution in [0.4, 0.5) is 0 Å². The molecule has 0 rings (SSSR count). The number of rotatable bonds is 1. The summed E-state index contributed by atoms with van der Waals surface area (Å²) in [5, 5.41) is 0. The van der Waals surface area contributed by atoms with Crippen molar-refractivity contribution in [2.24, 2.45) is 0 Å². The van der Waals surface area contributed by atoms with Gasteiger partial charge >= 0.3 is 0 Å². The Morgan fingerprint density at radius 1 is 1.67 bits per heavy atom. The van der Waals surface area contributed by atoms with Crippen LogP contribution in [0.1, 0.15) is 0 Å². The van der Waals surface area contributed by atoms with Gasteiger partial charge in [0, 0.05) is 10.7 Å². The lowest BCUT2D eigenvalue weighted by molar-refractivity contribution is 0.622. The van der Waals surface area contributed by atoms with Gasteiger partial charge in [-0.3, -0.25) is 0 Å². The molecule has 38 valence electrons. The van der Waals surface area contributed by atoms with Gasteiger partial charge in [0.1, 0.15) is 0 Å². The maximum absolute atomic E-state index is 9.73. The number of hydrogen-bond acceptors (Lipinski definition) is 3. The van der Waals surface area contributed by atoms with E-state index < -0.39 is 8.08 Å². The molecule has 5 heteroatoms. The smallest absolute Gasteiger partial charge is 0.200 e. The van der Waals surface area contributed by atoms with Crippen LogP contribution in [0.15, 0.2) is 0 Å². The molecule has 0 N–H and O–H groups in total. The molecular formula is CH3ClO2S2. The molecule has 0 bridgehead atoms. The summed E-state index contributed by atoms with van der Waals surface area (Å²) in [6.45, 7) is 0. The average molecular weight is 147 g/mol. The molecule has 0 aromatic carbocycles. The van der Waals surface area contributed by atoms with E-state index in [4.69, 9.17) is 0 Å². The van der Waals surface area contributed by atoms with Gasteiger partial charge in [-0.15, -0.1) is 0 Å². The lowest BCUT2D eigenvalue weighted by Gasteiger charge is -1.76. The van der Waals surface area contributed by atoms with Crippen LogP contribution in [0.5, 0.6) is 0 Å². The van der Waals surface area contributed by atoms with Crippen molar-refractivity contribution in [2.45, 2.75) is 0 Å². The van der Waals surface area contributed by atoms with Crippen LogP contribution < -0.4 is 0 Å². The lowest BCUT2D eigenvalue weighted by Crippen LogP contribution is -1.72. The Morgan fingerprint density at radius 3 is 1.83 bits per heavy atom. The molecule has 0 unspecified atom stereocenters. The van der Waals surface area contributed by atoms with E-state index in [-0.39, 0.29) is 0 Å². The normalized spacial score (nSPS) is 11.7. The monoisotopic (exact) mass is 146 g/mol. The maximum Gasteiger partial charge on any atom is 0.285 e. The first-order chi connectivity index (χ1) is 2.56. The van der Waals surface area contributed by atoms with Gasteiger partial charge in [-0.25, -0.2) is 8.42 Å². The molecule has 0 fully saturated rings. The topological polar surface area (TPSA) is 34.1 Å². The van der Waals surface area contributed by atoms with Crippen molar-refractivity contribution < 1.29 is 8.42 Å². The molecule has 0 heterocycles. The summed E-state index contributed by atoms with van der Waals surface area (Å²) in [5.41, 5.74) is 0. The molecule has 0 aliphatic carbocycles. The summed E-state index contributed by atoms with van der Waals surface area (Å²) in [6.07, 6.45) is 1.41. The molecule has 0 aromatic heterocycles. The van der Waals surface area contributed by atoms with E-state index in [1.54, 1.807) is 0 Å². The van der Waals surface area contributed by atoms with Crippen LogP contribution in [0.2, 0.25) is 0 Å². The highest BCUT2D eigenvalue weighted by atomic mass is 35.8. The standard InChI is InChI=1S/CH3ClO2S2/c1-5-6(2,3)4/h1H3. The van der Waals surface area contributed by atoms with Crippen molar-refractivity contribution in [2.75, 3.05) is 6.26 Å². The summed E-state index contributed by atoms with van der Waals surface area (Å²) in [6, 6.07) is 0. The number of halogens is 1. The lowest BCUT2D eigenvalue weighted by atomic mass is 12.0. The van der Waals surface area contributed by atoms with Crippen LogP contribution >= 0.6 is 21.5 Å². The van der Waals surface area contributed by atoms with E-state index in [1.807, 2.05) is 0 Å². The summed E-state index contributed by atoms with van der Waals surface area (Å²) < 4.78 is 19.5. The molecule has 2 nitrogen and oxygen atoms in total. The van der Waals surface area contributed by atoms with Crippen molar-refractivity contribution in [3.8, 4) is 0 Å². The first-order valence-corrected chi connectivity index (χ1v) is 5.11. The average Bonchev–Trinajstić information content (AvgIpc) is 1.35. The van der Waals surface area contributed by atoms with Crippen molar-refractivity contribution in [3.63, 3.8) is 0 Å². The second-order valence-electron chi connectivity index (χ2n) is 0.560. The minimum atomic E-state index is -3.27. The Balaban J connectivity index is 3.85. The first kappa shape index (κ1) is 6.59. The van der Waals surface area contributed by atoms with Crippen molar-refractivity contribution in [3.05, 3.63) is 0 Å². The molecule has 0 aromatic rings. The third kappa shape index (κ3) is 4.59. The second kappa shape index (κ2) is 2.04. The van der Waals surface area contributed by atoms with E-state index in [2.05, 4.69) is 10.7 Å². The SMILES string of the molecule is CSS(=O)(=O)Cl. The highest BCUT2D eigenvalue weighted by Gasteiger charge is 1.96. The molecule has 0 spiro atoms. The van der Waals surface area contributed by atoms with E-state index in [0.29, 0.717) is 10.8 Å². The zero-order chi connectivity index (χ0) is 5.21. The minimum Gasteiger partial charge on any atom is -0.200 e. The van der Waals surface area contributed by atoms with Gasteiger partial charge in [-0.1, -0.05) is 0 Å². The third-order valence-corrected chi connectivity index (χ3v) is 2.93. The fourth-order valence-electron chi connectivity index (χ4n) is 0. The van der Waals surface area contributed by atoms with Crippen LogP contribution in [0.25, 0.3) is 0 Å². The third-order valence-electron chi connectivity index (χ3n) is 0.199. The Labute approximate surface area is 44.7 Å². The Hall–Kier alpha value is 0.590. The number of hydrogen-bond donors (Lipinski definition) is 0. The van der Waals surface area contributed by atoms with Gasteiger partial charge < -0.3 is 0 Å². The fraction of sp³-hybridized carbons (Fsp3) is 1.00. The summed E-state index contributed by atoms with van der Waals surface area (Å²) in [7, 11) is 2.00. The second-order valence-corrected chi connectivity index (χ2v) is 5.76. The van der Waals surface area contributed by atoms with Gasteiger partial charge in [-0.2, -0.15) is 0 Å². The van der Waals surface area contributed by atoms with E-state index in [1.165, 1.54) is 6.26 Å². The quantitative estimate of drug-likeness (QED) is 0.406. The molecular weight excluding hydrogens is 144 g/mol. The minimum absolute atomic E-state index is 0.620. The molecule has 6 heavy (non-hydrogen) atoms. The predicted molar refractivity (Wildman–Crippen MR) is 28.3 cm³/mol. The molecule has 0 aliphatic heterocycles. The van der Waals surface area contributed by atoms with Gasteiger partial charge in [0.05, 0.1) is 0 Å². The maximum atomic E-state index is 9.73. The zero-order valence-corrected chi connectivity index (χ0v) is 5.40. The Kier molecular flexibility index (Phi) is 2.25. The predicted octanol–water partition coefficient (Wildman–Crippen LogP) is 0.833. The molecule has 0 saturated carbocycles. The van der Waals surface area contributed by atoms with Crippen molar-refractivity contribution >= 4 is 29.6 Å². The largest absolute Gasteiger partial charge is 0.285 e. The Bertz CT molecular complexity index is 114. The molecule has 0 radical (unpaired) electrons. The highest BCUT2D eigenvalue weighted by molar-refractivity contribution is 8.79. The van der Waals surface area contributed by atoms with Gasteiger partial charge in [0.25, 0.3) is 8.08 Å².